The highest BCUT2D eigenvalue weighted by atomic mass is 16.6. The third-order valence-electron chi connectivity index (χ3n) is 1.66. The van der Waals surface area contributed by atoms with Gasteiger partial charge in [0.25, 0.3) is 0 Å². The summed E-state index contributed by atoms with van der Waals surface area (Å²) < 4.78 is 5.13. The highest BCUT2D eigenvalue weighted by Crippen LogP contribution is 2.08. The second kappa shape index (κ2) is 3.96. The zero-order valence-electron chi connectivity index (χ0n) is 8.72. The molecular formula is C9H16N2O3. The largest absolute Gasteiger partial charge is 0.458 e. The Labute approximate surface area is 83.2 Å². The van der Waals surface area contributed by atoms with Crippen LogP contribution in [0, 0.1) is 0 Å². The van der Waals surface area contributed by atoms with E-state index in [2.05, 4.69) is 10.6 Å². The Hall–Kier alpha value is -1.10. The molecule has 1 saturated heterocycles. The first-order valence-corrected chi connectivity index (χ1v) is 4.61. The van der Waals surface area contributed by atoms with Crippen LogP contribution >= 0.6 is 0 Å². The van der Waals surface area contributed by atoms with E-state index in [1.165, 1.54) is 0 Å². The molecule has 0 aliphatic carbocycles. The summed E-state index contributed by atoms with van der Waals surface area (Å²) in [7, 11) is 0. The van der Waals surface area contributed by atoms with Crippen molar-refractivity contribution >= 4 is 11.9 Å². The number of hydrogen-bond acceptors (Lipinski definition) is 4. The normalized spacial score (nSPS) is 22.8. The Kier molecular flexibility index (Phi) is 3.10. The summed E-state index contributed by atoms with van der Waals surface area (Å²) in [6.45, 7) is 6.08. The summed E-state index contributed by atoms with van der Waals surface area (Å²) in [6, 6.07) is -0.560. The van der Waals surface area contributed by atoms with E-state index in [0.717, 1.165) is 0 Å². The molecule has 0 aromatic heterocycles. The maximum atomic E-state index is 11.5. The molecule has 14 heavy (non-hydrogen) atoms. The van der Waals surface area contributed by atoms with Crippen molar-refractivity contribution < 1.29 is 14.3 Å². The topological polar surface area (TPSA) is 67.4 Å². The van der Waals surface area contributed by atoms with E-state index in [4.69, 9.17) is 4.74 Å². The minimum absolute atomic E-state index is 0.174. The van der Waals surface area contributed by atoms with Gasteiger partial charge in [-0.3, -0.25) is 4.79 Å². The van der Waals surface area contributed by atoms with Gasteiger partial charge in [-0.15, -0.1) is 0 Å². The molecule has 0 bridgehead atoms. The lowest BCUT2D eigenvalue weighted by Crippen LogP contribution is -2.56. The van der Waals surface area contributed by atoms with Gasteiger partial charge in [0.15, 0.2) is 0 Å². The van der Waals surface area contributed by atoms with Crippen molar-refractivity contribution in [2.45, 2.75) is 32.4 Å². The van der Waals surface area contributed by atoms with Crippen molar-refractivity contribution in [2.75, 3.05) is 13.1 Å². The molecule has 0 radical (unpaired) electrons. The molecule has 0 saturated carbocycles. The molecule has 1 fully saturated rings. The SMILES string of the molecule is CC(C)(C)OC(=O)[C@@H]1CNCC(=O)N1. The van der Waals surface area contributed by atoms with Crippen molar-refractivity contribution in [2.24, 2.45) is 0 Å². The second-order valence-corrected chi connectivity index (χ2v) is 4.28. The van der Waals surface area contributed by atoms with Gasteiger partial charge in [-0.05, 0) is 20.8 Å². The van der Waals surface area contributed by atoms with Gasteiger partial charge in [-0.2, -0.15) is 0 Å². The average Bonchev–Trinajstić information content (AvgIpc) is 2.01. The van der Waals surface area contributed by atoms with Crippen LogP contribution in [0.25, 0.3) is 0 Å². The number of esters is 1. The predicted molar refractivity (Wildman–Crippen MR) is 50.6 cm³/mol. The van der Waals surface area contributed by atoms with Gasteiger partial charge in [-0.1, -0.05) is 0 Å². The number of amides is 1. The van der Waals surface area contributed by atoms with Crippen molar-refractivity contribution in [3.05, 3.63) is 0 Å². The maximum Gasteiger partial charge on any atom is 0.330 e. The first kappa shape index (κ1) is 11.0. The average molecular weight is 200 g/mol. The number of hydrogen-bond donors (Lipinski definition) is 2. The van der Waals surface area contributed by atoms with Crippen LogP contribution in [0.2, 0.25) is 0 Å². The van der Waals surface area contributed by atoms with Crippen molar-refractivity contribution in [3.8, 4) is 0 Å². The van der Waals surface area contributed by atoms with Crippen molar-refractivity contribution in [3.63, 3.8) is 0 Å². The van der Waals surface area contributed by atoms with Crippen LogP contribution in [0.4, 0.5) is 0 Å². The van der Waals surface area contributed by atoms with E-state index in [-0.39, 0.29) is 12.5 Å². The van der Waals surface area contributed by atoms with Crippen LogP contribution in [0.5, 0.6) is 0 Å². The number of carbonyl (C=O) groups is 2. The van der Waals surface area contributed by atoms with E-state index in [0.29, 0.717) is 6.54 Å². The van der Waals surface area contributed by atoms with Crippen LogP contribution < -0.4 is 10.6 Å². The van der Waals surface area contributed by atoms with Gasteiger partial charge < -0.3 is 15.4 Å². The molecule has 2 N–H and O–H groups in total. The molecule has 1 amide bonds. The zero-order chi connectivity index (χ0) is 10.8. The molecule has 1 aliphatic heterocycles. The van der Waals surface area contributed by atoms with E-state index < -0.39 is 17.6 Å². The van der Waals surface area contributed by atoms with E-state index in [1.54, 1.807) is 20.8 Å². The fourth-order valence-corrected chi connectivity index (χ4v) is 1.14. The lowest BCUT2D eigenvalue weighted by Gasteiger charge is -2.27. The molecule has 1 atom stereocenters. The number of rotatable bonds is 1. The van der Waals surface area contributed by atoms with Crippen LogP contribution in [0.15, 0.2) is 0 Å². The van der Waals surface area contributed by atoms with E-state index in [9.17, 15) is 9.59 Å². The van der Waals surface area contributed by atoms with Crippen LogP contribution in [-0.2, 0) is 14.3 Å². The summed E-state index contributed by atoms with van der Waals surface area (Å²) in [5.41, 5.74) is -0.515. The molecule has 1 aliphatic rings. The van der Waals surface area contributed by atoms with Gasteiger partial charge >= 0.3 is 5.97 Å². The molecular weight excluding hydrogens is 184 g/mol. The Morgan fingerprint density at radius 1 is 1.50 bits per heavy atom. The minimum atomic E-state index is -0.560. The summed E-state index contributed by atoms with van der Waals surface area (Å²) in [6.07, 6.45) is 0. The van der Waals surface area contributed by atoms with Gasteiger partial charge in [0, 0.05) is 6.54 Å². The van der Waals surface area contributed by atoms with Gasteiger partial charge in [-0.25, -0.2) is 4.79 Å². The van der Waals surface area contributed by atoms with Crippen LogP contribution in [-0.4, -0.2) is 36.6 Å². The summed E-state index contributed by atoms with van der Waals surface area (Å²) in [5.74, 6) is -0.565. The monoisotopic (exact) mass is 200 g/mol. The highest BCUT2D eigenvalue weighted by molar-refractivity contribution is 5.87. The van der Waals surface area contributed by atoms with Gasteiger partial charge in [0.1, 0.15) is 11.6 Å². The summed E-state index contributed by atoms with van der Waals surface area (Å²) in [5, 5.41) is 5.40. The molecule has 80 valence electrons. The predicted octanol–water partition coefficient (Wildman–Crippen LogP) is -0.584. The fraction of sp³-hybridized carbons (Fsp3) is 0.778. The number of piperazine rings is 1. The van der Waals surface area contributed by atoms with Gasteiger partial charge in [0.05, 0.1) is 6.54 Å². The Balaban J connectivity index is 2.48. The molecule has 1 rings (SSSR count). The second-order valence-electron chi connectivity index (χ2n) is 4.28. The lowest BCUT2D eigenvalue weighted by molar-refractivity contribution is -0.159. The molecule has 0 aromatic rings. The standard InChI is InChI=1S/C9H16N2O3/c1-9(2,3)14-8(13)6-4-10-5-7(12)11-6/h6,10H,4-5H2,1-3H3,(H,11,12)/t6-/m0/s1. The molecule has 0 aromatic carbocycles. The van der Waals surface area contributed by atoms with Crippen LogP contribution in [0.1, 0.15) is 20.8 Å². The van der Waals surface area contributed by atoms with Crippen LogP contribution in [0.3, 0.4) is 0 Å². The lowest BCUT2D eigenvalue weighted by atomic mass is 10.2. The fourth-order valence-electron chi connectivity index (χ4n) is 1.14. The molecule has 0 spiro atoms. The number of ether oxygens (including phenoxy) is 1. The third-order valence-corrected chi connectivity index (χ3v) is 1.66. The van der Waals surface area contributed by atoms with E-state index >= 15 is 0 Å². The first-order chi connectivity index (χ1) is 6.38. The molecule has 5 heteroatoms. The number of carbonyl (C=O) groups excluding carboxylic acids is 2. The maximum absolute atomic E-state index is 11.5. The zero-order valence-corrected chi connectivity index (χ0v) is 8.72. The third kappa shape index (κ3) is 3.33. The minimum Gasteiger partial charge on any atom is -0.458 e. The summed E-state index contributed by atoms with van der Waals surface area (Å²) in [4.78, 5) is 22.4. The molecule has 0 unspecified atom stereocenters. The molecule has 5 nitrogen and oxygen atoms in total. The highest BCUT2D eigenvalue weighted by Gasteiger charge is 2.28. The van der Waals surface area contributed by atoms with Gasteiger partial charge in [0.2, 0.25) is 5.91 Å². The Morgan fingerprint density at radius 2 is 2.14 bits per heavy atom. The Bertz CT molecular complexity index is 245. The van der Waals surface area contributed by atoms with E-state index in [1.807, 2.05) is 0 Å². The number of nitrogens with one attached hydrogen (secondary N) is 2. The smallest absolute Gasteiger partial charge is 0.330 e. The van der Waals surface area contributed by atoms with Crippen molar-refractivity contribution in [1.29, 1.82) is 0 Å². The van der Waals surface area contributed by atoms with Crippen molar-refractivity contribution in [1.82, 2.24) is 10.6 Å². The summed E-state index contributed by atoms with van der Waals surface area (Å²) >= 11 is 0. The molecule has 1 heterocycles. The first-order valence-electron chi connectivity index (χ1n) is 4.61. The quantitative estimate of drug-likeness (QED) is 0.555. The Morgan fingerprint density at radius 3 is 2.64 bits per heavy atom.